The van der Waals surface area contributed by atoms with Gasteiger partial charge >= 0.3 is 0 Å². The Balaban J connectivity index is 1.92. The van der Waals surface area contributed by atoms with Gasteiger partial charge in [0.1, 0.15) is 0 Å². The number of aromatic nitrogens is 1. The molecule has 1 N–H and O–H groups in total. The Bertz CT molecular complexity index is 453. The topological polar surface area (TPSA) is 24.9 Å². The zero-order valence-electron chi connectivity index (χ0n) is 9.73. The lowest BCUT2D eigenvalue weighted by Gasteiger charge is -2.13. The second-order valence-electron chi connectivity index (χ2n) is 3.98. The van der Waals surface area contributed by atoms with Gasteiger partial charge in [-0.15, -0.1) is 0 Å². The summed E-state index contributed by atoms with van der Waals surface area (Å²) in [6, 6.07) is 14.1. The SMILES string of the molecule is C[C@@H](NCc1ccc(Cl)cc1)c1ccccn1. The molecule has 0 aliphatic carbocycles. The summed E-state index contributed by atoms with van der Waals surface area (Å²) in [6.45, 7) is 2.92. The van der Waals surface area contributed by atoms with E-state index in [4.69, 9.17) is 11.6 Å². The van der Waals surface area contributed by atoms with Crippen molar-refractivity contribution >= 4 is 11.6 Å². The maximum absolute atomic E-state index is 5.84. The quantitative estimate of drug-likeness (QED) is 0.892. The Hall–Kier alpha value is -1.38. The first-order valence-corrected chi connectivity index (χ1v) is 6.02. The summed E-state index contributed by atoms with van der Waals surface area (Å²) >= 11 is 5.84. The second kappa shape index (κ2) is 5.80. The number of benzene rings is 1. The van der Waals surface area contributed by atoms with Crippen LogP contribution in [0.2, 0.25) is 5.02 Å². The van der Waals surface area contributed by atoms with Crippen LogP contribution in [0.1, 0.15) is 24.2 Å². The van der Waals surface area contributed by atoms with Gasteiger partial charge in [-0.2, -0.15) is 0 Å². The van der Waals surface area contributed by atoms with Crippen molar-refractivity contribution in [2.24, 2.45) is 0 Å². The van der Waals surface area contributed by atoms with Gasteiger partial charge in [-0.25, -0.2) is 0 Å². The van der Waals surface area contributed by atoms with Gasteiger partial charge in [0, 0.05) is 23.8 Å². The van der Waals surface area contributed by atoms with E-state index in [2.05, 4.69) is 17.2 Å². The zero-order valence-corrected chi connectivity index (χ0v) is 10.5. The van der Waals surface area contributed by atoms with Crippen molar-refractivity contribution in [1.82, 2.24) is 10.3 Å². The minimum absolute atomic E-state index is 0.242. The number of rotatable bonds is 4. The number of nitrogens with one attached hydrogen (secondary N) is 1. The van der Waals surface area contributed by atoms with E-state index in [1.807, 2.05) is 48.7 Å². The third-order valence-corrected chi connectivity index (χ3v) is 2.91. The number of halogens is 1. The van der Waals surface area contributed by atoms with E-state index in [0.717, 1.165) is 17.3 Å². The summed E-state index contributed by atoms with van der Waals surface area (Å²) in [5.74, 6) is 0. The van der Waals surface area contributed by atoms with Gasteiger partial charge in [-0.3, -0.25) is 4.98 Å². The molecule has 3 heteroatoms. The van der Waals surface area contributed by atoms with Gasteiger partial charge in [0.25, 0.3) is 0 Å². The van der Waals surface area contributed by atoms with Crippen LogP contribution in [0.3, 0.4) is 0 Å². The Labute approximate surface area is 107 Å². The van der Waals surface area contributed by atoms with E-state index in [0.29, 0.717) is 0 Å². The highest BCUT2D eigenvalue weighted by Crippen LogP contribution is 2.12. The van der Waals surface area contributed by atoms with Gasteiger partial charge in [0.05, 0.1) is 5.69 Å². The first kappa shape index (κ1) is 12.1. The van der Waals surface area contributed by atoms with Crippen LogP contribution in [0.4, 0.5) is 0 Å². The lowest BCUT2D eigenvalue weighted by molar-refractivity contribution is 0.561. The number of hydrogen-bond donors (Lipinski definition) is 1. The largest absolute Gasteiger partial charge is 0.305 e. The molecule has 2 aromatic rings. The Morgan fingerprint density at radius 1 is 1.18 bits per heavy atom. The third-order valence-electron chi connectivity index (χ3n) is 2.66. The molecule has 88 valence electrons. The Kier molecular flexibility index (Phi) is 4.13. The molecule has 2 rings (SSSR count). The van der Waals surface area contributed by atoms with Crippen molar-refractivity contribution in [2.45, 2.75) is 19.5 Å². The molecule has 0 saturated carbocycles. The van der Waals surface area contributed by atoms with Crippen LogP contribution < -0.4 is 5.32 Å². The molecular formula is C14H15ClN2. The van der Waals surface area contributed by atoms with Gasteiger partial charge in [0.15, 0.2) is 0 Å². The molecular weight excluding hydrogens is 232 g/mol. The van der Waals surface area contributed by atoms with Crippen molar-refractivity contribution < 1.29 is 0 Å². The normalized spacial score (nSPS) is 12.4. The first-order valence-electron chi connectivity index (χ1n) is 5.64. The molecule has 0 fully saturated rings. The summed E-state index contributed by atoms with van der Waals surface area (Å²) in [4.78, 5) is 4.32. The molecule has 0 amide bonds. The van der Waals surface area contributed by atoms with Crippen LogP contribution in [-0.4, -0.2) is 4.98 Å². The van der Waals surface area contributed by atoms with Gasteiger partial charge in [0.2, 0.25) is 0 Å². The van der Waals surface area contributed by atoms with E-state index in [-0.39, 0.29) is 6.04 Å². The Morgan fingerprint density at radius 3 is 2.59 bits per heavy atom. The maximum Gasteiger partial charge on any atom is 0.0570 e. The fraction of sp³-hybridized carbons (Fsp3) is 0.214. The highest BCUT2D eigenvalue weighted by atomic mass is 35.5. The molecule has 2 nitrogen and oxygen atoms in total. The highest BCUT2D eigenvalue weighted by Gasteiger charge is 2.04. The average molecular weight is 247 g/mol. The molecule has 1 aromatic carbocycles. The Morgan fingerprint density at radius 2 is 1.94 bits per heavy atom. The van der Waals surface area contributed by atoms with Crippen molar-refractivity contribution in [3.8, 4) is 0 Å². The van der Waals surface area contributed by atoms with Crippen LogP contribution in [0, 0.1) is 0 Å². The monoisotopic (exact) mass is 246 g/mol. The molecule has 1 aromatic heterocycles. The van der Waals surface area contributed by atoms with E-state index < -0.39 is 0 Å². The number of pyridine rings is 1. The van der Waals surface area contributed by atoms with Crippen LogP contribution in [0.5, 0.6) is 0 Å². The summed E-state index contributed by atoms with van der Waals surface area (Å²) in [7, 11) is 0. The summed E-state index contributed by atoms with van der Waals surface area (Å²) in [5, 5.41) is 4.20. The van der Waals surface area contributed by atoms with Crippen LogP contribution in [0.25, 0.3) is 0 Å². The average Bonchev–Trinajstić information content (AvgIpc) is 2.39. The van der Waals surface area contributed by atoms with Crippen molar-refractivity contribution in [3.63, 3.8) is 0 Å². The third kappa shape index (κ3) is 3.55. The predicted molar refractivity (Wildman–Crippen MR) is 70.9 cm³/mol. The molecule has 0 spiro atoms. The zero-order chi connectivity index (χ0) is 12.1. The fourth-order valence-corrected chi connectivity index (χ4v) is 1.74. The van der Waals surface area contributed by atoms with Crippen LogP contribution in [0.15, 0.2) is 48.7 Å². The molecule has 0 saturated heterocycles. The van der Waals surface area contributed by atoms with Crippen molar-refractivity contribution in [1.29, 1.82) is 0 Å². The lowest BCUT2D eigenvalue weighted by atomic mass is 10.2. The van der Waals surface area contributed by atoms with Crippen molar-refractivity contribution in [2.75, 3.05) is 0 Å². The smallest absolute Gasteiger partial charge is 0.0570 e. The van der Waals surface area contributed by atoms with Gasteiger partial charge in [-0.05, 0) is 36.8 Å². The molecule has 0 unspecified atom stereocenters. The summed E-state index contributed by atoms with van der Waals surface area (Å²) < 4.78 is 0. The molecule has 0 bridgehead atoms. The minimum atomic E-state index is 0.242. The molecule has 1 heterocycles. The minimum Gasteiger partial charge on any atom is -0.305 e. The number of hydrogen-bond acceptors (Lipinski definition) is 2. The molecule has 17 heavy (non-hydrogen) atoms. The summed E-state index contributed by atoms with van der Waals surface area (Å²) in [6.07, 6.45) is 1.82. The van der Waals surface area contributed by atoms with Crippen molar-refractivity contribution in [3.05, 3.63) is 64.9 Å². The molecule has 0 aliphatic rings. The first-order chi connectivity index (χ1) is 8.25. The summed E-state index contributed by atoms with van der Waals surface area (Å²) in [5.41, 5.74) is 2.28. The van der Waals surface area contributed by atoms with E-state index in [1.54, 1.807) is 0 Å². The van der Waals surface area contributed by atoms with E-state index >= 15 is 0 Å². The standard InChI is InChI=1S/C14H15ClN2/c1-11(14-4-2-3-9-16-14)17-10-12-5-7-13(15)8-6-12/h2-9,11,17H,10H2,1H3/t11-/m1/s1. The van der Waals surface area contributed by atoms with E-state index in [9.17, 15) is 0 Å². The molecule has 0 radical (unpaired) electrons. The van der Waals surface area contributed by atoms with Gasteiger partial charge < -0.3 is 5.32 Å². The predicted octanol–water partition coefficient (Wildman–Crippen LogP) is 3.59. The molecule has 0 aliphatic heterocycles. The fourth-order valence-electron chi connectivity index (χ4n) is 1.61. The van der Waals surface area contributed by atoms with E-state index in [1.165, 1.54) is 5.56 Å². The lowest BCUT2D eigenvalue weighted by Crippen LogP contribution is -2.18. The van der Waals surface area contributed by atoms with Crippen LogP contribution >= 0.6 is 11.6 Å². The van der Waals surface area contributed by atoms with Gasteiger partial charge in [-0.1, -0.05) is 29.8 Å². The highest BCUT2D eigenvalue weighted by molar-refractivity contribution is 6.30. The number of nitrogens with zero attached hydrogens (tertiary/aromatic N) is 1. The second-order valence-corrected chi connectivity index (χ2v) is 4.42. The van der Waals surface area contributed by atoms with Crippen LogP contribution in [-0.2, 0) is 6.54 Å². The maximum atomic E-state index is 5.84. The molecule has 1 atom stereocenters.